The van der Waals surface area contributed by atoms with Crippen molar-refractivity contribution in [2.45, 2.75) is 69.1 Å². The predicted molar refractivity (Wildman–Crippen MR) is 227 cm³/mol. The molecule has 0 bridgehead atoms. The summed E-state index contributed by atoms with van der Waals surface area (Å²) in [5.41, 5.74) is 4.77. The number of rotatable bonds is 10. The molecular formula is C45H46FN11O5. The van der Waals surface area contributed by atoms with Gasteiger partial charge in [0.15, 0.2) is 17.0 Å². The number of piperidine rings is 2. The largest absolute Gasteiger partial charge is 0.369 e. The van der Waals surface area contributed by atoms with Gasteiger partial charge in [0, 0.05) is 75.2 Å². The zero-order valence-electron chi connectivity index (χ0n) is 34.0. The fourth-order valence-electron chi connectivity index (χ4n) is 9.63. The van der Waals surface area contributed by atoms with E-state index < -0.39 is 35.5 Å². The Hall–Kier alpha value is -6.75. The monoisotopic (exact) mass is 839 g/mol. The lowest BCUT2D eigenvalue weighted by atomic mass is 9.86. The van der Waals surface area contributed by atoms with Crippen LogP contribution < -0.4 is 25.8 Å². The average molecular weight is 840 g/mol. The predicted octanol–water partition coefficient (Wildman–Crippen LogP) is 3.96. The van der Waals surface area contributed by atoms with E-state index in [4.69, 9.17) is 0 Å². The number of imide groups is 2. The first-order valence-electron chi connectivity index (χ1n) is 21.3. The first-order chi connectivity index (χ1) is 30.2. The van der Waals surface area contributed by atoms with Crippen molar-refractivity contribution in [1.82, 2.24) is 40.0 Å². The zero-order chi connectivity index (χ0) is 42.5. The molecule has 1 aliphatic carbocycles. The zero-order valence-corrected chi connectivity index (χ0v) is 34.0. The van der Waals surface area contributed by atoms with Crippen LogP contribution in [-0.4, -0.2) is 116 Å². The number of nitrogens with zero attached hydrogens (tertiary/aromatic N) is 8. The van der Waals surface area contributed by atoms with Crippen LogP contribution in [0.25, 0.3) is 11.2 Å². The Morgan fingerprint density at radius 3 is 2.24 bits per heavy atom. The number of carbonyl (C=O) groups is 5. The molecule has 3 aromatic carbocycles. The lowest BCUT2D eigenvalue weighted by Gasteiger charge is -2.44. The number of carbonyl (C=O) groups excluding carboxylic acids is 5. The Balaban J connectivity index is 0.700. The summed E-state index contributed by atoms with van der Waals surface area (Å²) < 4.78 is 17.6. The van der Waals surface area contributed by atoms with E-state index in [0.29, 0.717) is 36.9 Å². The Morgan fingerprint density at radius 1 is 0.790 bits per heavy atom. The number of hydrogen-bond donors (Lipinski definition) is 3. The number of halogens is 1. The van der Waals surface area contributed by atoms with Gasteiger partial charge in [-0.2, -0.15) is 0 Å². The normalized spacial score (nSPS) is 22.1. The highest BCUT2D eigenvalue weighted by atomic mass is 19.1. The molecule has 10 rings (SSSR count). The summed E-state index contributed by atoms with van der Waals surface area (Å²) in [6.45, 7) is 4.73. The molecule has 0 spiro atoms. The van der Waals surface area contributed by atoms with E-state index in [1.54, 1.807) is 6.33 Å². The van der Waals surface area contributed by atoms with Crippen LogP contribution in [0.5, 0.6) is 0 Å². The number of imidazole rings is 1. The highest BCUT2D eigenvalue weighted by molar-refractivity contribution is 6.23. The topological polar surface area (TPSA) is 178 Å². The number of nitrogens with one attached hydrogen (secondary N) is 3. The van der Waals surface area contributed by atoms with Gasteiger partial charge in [-0.1, -0.05) is 30.3 Å². The highest BCUT2D eigenvalue weighted by Gasteiger charge is 2.45. The second kappa shape index (κ2) is 16.3. The standard InChI is InChI=1S/C45H46FN11O5/c46-35-23-33-34(45(62)57(44(33)61)36-10-11-38(58)52-43(36)60)24-37(35)55-14-12-31(13-15-55)54-18-16-53(17-19-54)30-8-6-28(7-9-30)51-41-40-42(48-25-47-41)56(26-49-40)32-21-29(22-32)50-39(59)20-27-4-2-1-3-5-27/h1-9,23-26,29,31-32,36H,10-22H2,(H,50,59)(H,47,48,51)(H,52,58,60)/t29?,32?,36-/m0/s1. The van der Waals surface area contributed by atoms with E-state index in [1.807, 2.05) is 53.7 Å². The van der Waals surface area contributed by atoms with E-state index in [0.717, 1.165) is 85.4 Å². The first-order valence-corrected chi connectivity index (χ1v) is 21.3. The third-order valence-corrected chi connectivity index (χ3v) is 13.1. The molecule has 16 nitrogen and oxygen atoms in total. The molecule has 17 heteroatoms. The fraction of sp³-hybridized carbons (Fsp3) is 0.378. The van der Waals surface area contributed by atoms with Crippen LogP contribution in [0.2, 0.25) is 0 Å². The Bertz CT molecular complexity index is 2560. The van der Waals surface area contributed by atoms with E-state index in [2.05, 4.69) is 57.4 Å². The number of amides is 5. The summed E-state index contributed by atoms with van der Waals surface area (Å²) in [7, 11) is 0. The van der Waals surface area contributed by atoms with E-state index in [9.17, 15) is 24.0 Å². The summed E-state index contributed by atoms with van der Waals surface area (Å²) >= 11 is 0. The summed E-state index contributed by atoms with van der Waals surface area (Å²) in [6.07, 6.45) is 7.09. The minimum Gasteiger partial charge on any atom is -0.369 e. The van der Waals surface area contributed by atoms with Crippen LogP contribution in [0.1, 0.15) is 70.8 Å². The van der Waals surface area contributed by atoms with Crippen molar-refractivity contribution in [3.8, 4) is 0 Å². The molecule has 62 heavy (non-hydrogen) atoms. The van der Waals surface area contributed by atoms with Gasteiger partial charge in [-0.15, -0.1) is 0 Å². The van der Waals surface area contributed by atoms with Gasteiger partial charge in [-0.25, -0.2) is 19.3 Å². The van der Waals surface area contributed by atoms with Crippen molar-refractivity contribution >= 4 is 63.6 Å². The van der Waals surface area contributed by atoms with Crippen molar-refractivity contribution in [3.05, 3.63) is 102 Å². The molecule has 1 saturated carbocycles. The Labute approximate surface area is 356 Å². The third-order valence-electron chi connectivity index (χ3n) is 13.1. The molecule has 1 atom stereocenters. The second-order valence-corrected chi connectivity index (χ2v) is 16.8. The molecule has 6 heterocycles. The van der Waals surface area contributed by atoms with Gasteiger partial charge in [-0.05, 0) is 74.1 Å². The Kier molecular flexibility index (Phi) is 10.3. The van der Waals surface area contributed by atoms with Crippen molar-refractivity contribution in [1.29, 1.82) is 0 Å². The molecule has 5 amide bonds. The maximum absolute atomic E-state index is 15.5. The van der Waals surface area contributed by atoms with Crippen LogP contribution >= 0.6 is 0 Å². The van der Waals surface area contributed by atoms with Gasteiger partial charge in [0.25, 0.3) is 11.8 Å². The summed E-state index contributed by atoms with van der Waals surface area (Å²) in [5, 5.41) is 8.77. The van der Waals surface area contributed by atoms with Crippen LogP contribution in [0.4, 0.5) is 27.3 Å². The fourth-order valence-corrected chi connectivity index (χ4v) is 9.63. The van der Waals surface area contributed by atoms with Gasteiger partial charge in [0.1, 0.15) is 18.2 Å². The number of fused-ring (bicyclic) bond motifs is 2. The SMILES string of the molecule is O=C1CC[C@H](N2C(=O)c3cc(F)c(N4CCC(N5CCN(c6ccc(Nc7ncnc8c7ncn8C7CC(NC(=O)Cc8ccccc8)C7)cc6)CC5)CC4)cc3C2=O)C(=O)N1. The van der Waals surface area contributed by atoms with E-state index in [1.165, 1.54) is 6.07 Å². The van der Waals surface area contributed by atoms with Gasteiger partial charge < -0.3 is 25.0 Å². The molecule has 4 fully saturated rings. The maximum atomic E-state index is 15.5. The third kappa shape index (κ3) is 7.50. The molecular weight excluding hydrogens is 794 g/mol. The van der Waals surface area contributed by atoms with Crippen molar-refractivity contribution in [2.24, 2.45) is 0 Å². The van der Waals surface area contributed by atoms with Crippen molar-refractivity contribution < 1.29 is 28.4 Å². The minimum atomic E-state index is -1.10. The second-order valence-electron chi connectivity index (χ2n) is 16.8. The summed E-state index contributed by atoms with van der Waals surface area (Å²) in [6, 6.07) is 20.2. The van der Waals surface area contributed by atoms with Crippen LogP contribution in [-0.2, 0) is 20.8 Å². The van der Waals surface area contributed by atoms with Crippen LogP contribution in [0.3, 0.4) is 0 Å². The number of piperazine rings is 1. The van der Waals surface area contributed by atoms with Gasteiger partial charge >= 0.3 is 0 Å². The number of hydrogen-bond acceptors (Lipinski definition) is 12. The molecule has 5 aromatic rings. The quantitative estimate of drug-likeness (QED) is 0.173. The molecule has 5 aliphatic rings. The van der Waals surface area contributed by atoms with Gasteiger partial charge in [0.05, 0.1) is 29.6 Å². The lowest BCUT2D eigenvalue weighted by Crippen LogP contribution is -2.54. The summed E-state index contributed by atoms with van der Waals surface area (Å²) in [4.78, 5) is 84.6. The lowest BCUT2D eigenvalue weighted by molar-refractivity contribution is -0.136. The molecule has 0 radical (unpaired) electrons. The smallest absolute Gasteiger partial charge is 0.262 e. The summed E-state index contributed by atoms with van der Waals surface area (Å²) in [5.74, 6) is -2.41. The van der Waals surface area contributed by atoms with E-state index in [-0.39, 0.29) is 47.6 Å². The van der Waals surface area contributed by atoms with Crippen LogP contribution in [0.15, 0.2) is 79.4 Å². The van der Waals surface area contributed by atoms with Gasteiger partial charge in [0.2, 0.25) is 17.7 Å². The number of benzene rings is 3. The first kappa shape index (κ1) is 39.4. The molecule has 4 aliphatic heterocycles. The molecule has 3 N–H and O–H groups in total. The molecule has 318 valence electrons. The van der Waals surface area contributed by atoms with Crippen LogP contribution in [0, 0.1) is 5.82 Å². The molecule has 0 unspecified atom stereocenters. The highest BCUT2D eigenvalue weighted by Crippen LogP contribution is 2.37. The number of anilines is 4. The molecule has 3 saturated heterocycles. The average Bonchev–Trinajstić information content (AvgIpc) is 3.80. The Morgan fingerprint density at radius 2 is 1.52 bits per heavy atom. The molecule has 2 aromatic heterocycles. The van der Waals surface area contributed by atoms with E-state index >= 15 is 4.39 Å². The minimum absolute atomic E-state index is 0.0197. The maximum Gasteiger partial charge on any atom is 0.262 e. The van der Waals surface area contributed by atoms with Crippen molar-refractivity contribution in [3.63, 3.8) is 0 Å². The van der Waals surface area contributed by atoms with Crippen molar-refractivity contribution in [2.75, 3.05) is 54.4 Å². The number of aromatic nitrogens is 4. The van der Waals surface area contributed by atoms with Gasteiger partial charge in [-0.3, -0.25) is 39.1 Å².